The van der Waals surface area contributed by atoms with Crippen LogP contribution in [-0.2, 0) is 0 Å². The second kappa shape index (κ2) is 5.35. The third-order valence-electron chi connectivity index (χ3n) is 2.71. The summed E-state index contributed by atoms with van der Waals surface area (Å²) in [5, 5.41) is 13.3. The first-order valence-electron chi connectivity index (χ1n) is 5.75. The highest BCUT2D eigenvalue weighted by atomic mass is 16.6. The highest BCUT2D eigenvalue weighted by Crippen LogP contribution is 2.18. The Hall–Kier alpha value is -2.96. The topological polar surface area (TPSA) is 111 Å². The first-order chi connectivity index (χ1) is 9.47. The molecule has 0 spiro atoms. The van der Waals surface area contributed by atoms with E-state index >= 15 is 0 Å². The van der Waals surface area contributed by atoms with Crippen LogP contribution in [0.4, 0.5) is 17.2 Å². The van der Waals surface area contributed by atoms with Crippen molar-refractivity contribution >= 4 is 23.1 Å². The fraction of sp³-hybridized carbons (Fsp3) is 0.0769. The van der Waals surface area contributed by atoms with Crippen LogP contribution in [0.25, 0.3) is 0 Å². The van der Waals surface area contributed by atoms with Gasteiger partial charge in [0.1, 0.15) is 5.82 Å². The zero-order valence-corrected chi connectivity index (χ0v) is 10.7. The molecule has 0 saturated heterocycles. The molecule has 1 aromatic heterocycles. The Bertz CT molecular complexity index is 668. The van der Waals surface area contributed by atoms with Crippen LogP contribution in [0.5, 0.6) is 0 Å². The molecule has 2 rings (SSSR count). The van der Waals surface area contributed by atoms with Crippen LogP contribution in [-0.4, -0.2) is 15.8 Å². The molecule has 0 aliphatic carbocycles. The summed E-state index contributed by atoms with van der Waals surface area (Å²) in [7, 11) is 0. The molecule has 1 heterocycles. The number of nitro benzene ring substituents is 1. The van der Waals surface area contributed by atoms with E-state index in [0.717, 1.165) is 0 Å². The summed E-state index contributed by atoms with van der Waals surface area (Å²) < 4.78 is 0. The van der Waals surface area contributed by atoms with Crippen molar-refractivity contribution < 1.29 is 9.72 Å². The molecule has 3 N–H and O–H groups in total. The second-order valence-corrected chi connectivity index (χ2v) is 4.18. The first kappa shape index (κ1) is 13.5. The van der Waals surface area contributed by atoms with Gasteiger partial charge in [0.25, 0.3) is 11.6 Å². The Labute approximate surface area is 114 Å². The number of carbonyl (C=O) groups excluding carboxylic acids is 1. The largest absolute Gasteiger partial charge is 0.384 e. The van der Waals surface area contributed by atoms with Crippen molar-refractivity contribution in [2.45, 2.75) is 6.92 Å². The molecule has 7 nitrogen and oxygen atoms in total. The van der Waals surface area contributed by atoms with E-state index in [1.807, 2.05) is 0 Å². The van der Waals surface area contributed by atoms with Gasteiger partial charge in [-0.1, -0.05) is 0 Å². The van der Waals surface area contributed by atoms with Gasteiger partial charge in [-0.05, 0) is 30.7 Å². The fourth-order valence-corrected chi connectivity index (χ4v) is 1.69. The van der Waals surface area contributed by atoms with Crippen LogP contribution in [0.3, 0.4) is 0 Å². The van der Waals surface area contributed by atoms with E-state index in [1.54, 1.807) is 19.1 Å². The summed E-state index contributed by atoms with van der Waals surface area (Å²) in [4.78, 5) is 26.1. The lowest BCUT2D eigenvalue weighted by Crippen LogP contribution is -2.13. The molecule has 20 heavy (non-hydrogen) atoms. The maximum atomic E-state index is 12.1. The molecule has 2 aromatic rings. The van der Waals surface area contributed by atoms with Crippen LogP contribution < -0.4 is 11.1 Å². The molecule has 1 amide bonds. The van der Waals surface area contributed by atoms with Gasteiger partial charge in [0.05, 0.1) is 16.8 Å². The standard InChI is InChI=1S/C13H12N4O3/c1-8-6-10(17(19)20)3-4-11(8)13(18)16-9-2-5-12(14)15-7-9/h2-7H,1H3,(H2,14,15)(H,16,18). The molecule has 0 aliphatic rings. The first-order valence-corrected chi connectivity index (χ1v) is 5.75. The van der Waals surface area contributed by atoms with Crippen LogP contribution in [0.15, 0.2) is 36.5 Å². The van der Waals surface area contributed by atoms with E-state index in [1.165, 1.54) is 24.4 Å². The van der Waals surface area contributed by atoms with Gasteiger partial charge in [0.2, 0.25) is 0 Å². The van der Waals surface area contributed by atoms with Crippen molar-refractivity contribution in [3.63, 3.8) is 0 Å². The summed E-state index contributed by atoms with van der Waals surface area (Å²) in [6.07, 6.45) is 1.44. The lowest BCUT2D eigenvalue weighted by molar-refractivity contribution is -0.384. The number of aromatic nitrogens is 1. The summed E-state index contributed by atoms with van der Waals surface area (Å²) >= 11 is 0. The van der Waals surface area contributed by atoms with E-state index < -0.39 is 4.92 Å². The van der Waals surface area contributed by atoms with Crippen molar-refractivity contribution in [3.05, 3.63) is 57.8 Å². The molecule has 0 unspecified atom stereocenters. The SMILES string of the molecule is Cc1cc([N+](=O)[O-])ccc1C(=O)Nc1ccc(N)nc1. The Kier molecular flexibility index (Phi) is 3.60. The molecular formula is C13H12N4O3. The number of nitrogen functional groups attached to an aromatic ring is 1. The number of pyridine rings is 1. The predicted molar refractivity (Wildman–Crippen MR) is 74.4 cm³/mol. The van der Waals surface area contributed by atoms with Gasteiger partial charge in [0.15, 0.2) is 0 Å². The molecule has 0 fully saturated rings. The van der Waals surface area contributed by atoms with Crippen molar-refractivity contribution in [1.82, 2.24) is 4.98 Å². The van der Waals surface area contributed by atoms with Gasteiger partial charge in [-0.15, -0.1) is 0 Å². The fourth-order valence-electron chi connectivity index (χ4n) is 1.69. The molecule has 7 heteroatoms. The molecular weight excluding hydrogens is 260 g/mol. The van der Waals surface area contributed by atoms with Gasteiger partial charge < -0.3 is 11.1 Å². The van der Waals surface area contributed by atoms with Gasteiger partial charge in [-0.25, -0.2) is 4.98 Å². The quantitative estimate of drug-likeness (QED) is 0.656. The molecule has 0 bridgehead atoms. The van der Waals surface area contributed by atoms with Crippen LogP contribution in [0, 0.1) is 17.0 Å². The molecule has 1 aromatic carbocycles. The predicted octanol–water partition coefficient (Wildman–Crippen LogP) is 2.13. The number of amides is 1. The Balaban J connectivity index is 2.21. The number of hydrogen-bond donors (Lipinski definition) is 2. The van der Waals surface area contributed by atoms with E-state index in [2.05, 4.69) is 10.3 Å². The second-order valence-electron chi connectivity index (χ2n) is 4.18. The minimum atomic E-state index is -0.501. The number of aryl methyl sites for hydroxylation is 1. The maximum Gasteiger partial charge on any atom is 0.269 e. The van der Waals surface area contributed by atoms with Crippen LogP contribution in [0.2, 0.25) is 0 Å². The van der Waals surface area contributed by atoms with Crippen molar-refractivity contribution in [2.75, 3.05) is 11.1 Å². The van der Waals surface area contributed by atoms with E-state index in [-0.39, 0.29) is 11.6 Å². The average Bonchev–Trinajstić information content (AvgIpc) is 2.41. The number of benzene rings is 1. The third kappa shape index (κ3) is 2.89. The summed E-state index contributed by atoms with van der Waals surface area (Å²) in [6, 6.07) is 7.27. The number of carbonyl (C=O) groups is 1. The van der Waals surface area contributed by atoms with Crippen LogP contribution >= 0.6 is 0 Å². The number of nitrogens with one attached hydrogen (secondary N) is 1. The lowest BCUT2D eigenvalue weighted by atomic mass is 10.1. The Morgan fingerprint density at radius 2 is 2.10 bits per heavy atom. The van der Waals surface area contributed by atoms with Crippen LogP contribution in [0.1, 0.15) is 15.9 Å². The van der Waals surface area contributed by atoms with E-state index in [0.29, 0.717) is 22.6 Å². The number of nitrogens with two attached hydrogens (primary N) is 1. The number of non-ortho nitro benzene ring substituents is 1. The Morgan fingerprint density at radius 3 is 2.65 bits per heavy atom. The third-order valence-corrected chi connectivity index (χ3v) is 2.71. The van der Waals surface area contributed by atoms with Gasteiger partial charge in [-0.2, -0.15) is 0 Å². The monoisotopic (exact) mass is 272 g/mol. The molecule has 0 aliphatic heterocycles. The molecule has 0 saturated carbocycles. The maximum absolute atomic E-state index is 12.1. The number of nitrogens with zero attached hydrogens (tertiary/aromatic N) is 2. The molecule has 102 valence electrons. The highest BCUT2D eigenvalue weighted by molar-refractivity contribution is 6.05. The lowest BCUT2D eigenvalue weighted by Gasteiger charge is -2.07. The Morgan fingerprint density at radius 1 is 1.35 bits per heavy atom. The highest BCUT2D eigenvalue weighted by Gasteiger charge is 2.13. The van der Waals surface area contributed by atoms with Gasteiger partial charge in [-0.3, -0.25) is 14.9 Å². The van der Waals surface area contributed by atoms with Crippen molar-refractivity contribution in [1.29, 1.82) is 0 Å². The minimum Gasteiger partial charge on any atom is -0.384 e. The number of rotatable bonds is 3. The zero-order valence-electron chi connectivity index (χ0n) is 10.7. The zero-order chi connectivity index (χ0) is 14.7. The molecule has 0 radical (unpaired) electrons. The van der Waals surface area contributed by atoms with Gasteiger partial charge >= 0.3 is 0 Å². The number of hydrogen-bond acceptors (Lipinski definition) is 5. The summed E-state index contributed by atoms with van der Waals surface area (Å²) in [5.41, 5.74) is 6.80. The van der Waals surface area contributed by atoms with Crippen molar-refractivity contribution in [2.24, 2.45) is 0 Å². The normalized spacial score (nSPS) is 10.1. The minimum absolute atomic E-state index is 0.0480. The smallest absolute Gasteiger partial charge is 0.269 e. The average molecular weight is 272 g/mol. The number of anilines is 2. The van der Waals surface area contributed by atoms with E-state index in [4.69, 9.17) is 5.73 Å². The molecule has 0 atom stereocenters. The summed E-state index contributed by atoms with van der Waals surface area (Å²) in [6.45, 7) is 1.64. The number of nitro groups is 1. The van der Waals surface area contributed by atoms with Crippen molar-refractivity contribution in [3.8, 4) is 0 Å². The van der Waals surface area contributed by atoms with Gasteiger partial charge in [0, 0.05) is 17.7 Å². The van der Waals surface area contributed by atoms with E-state index in [9.17, 15) is 14.9 Å². The summed E-state index contributed by atoms with van der Waals surface area (Å²) in [5.74, 6) is -0.00140.